The molecular weight excluding hydrogens is 471 g/mol. The second kappa shape index (κ2) is 13.9. The van der Waals surface area contributed by atoms with Crippen molar-refractivity contribution in [3.8, 4) is 0 Å². The number of nitrogens with one attached hydrogen (secondary N) is 2. The predicted molar refractivity (Wildman–Crippen MR) is 125 cm³/mol. The SMILES string of the molecule is CCNC(=NCc1sc(C)nc1C)NCCCCOCc1ccccc1.I. The van der Waals surface area contributed by atoms with Crippen molar-refractivity contribution in [3.63, 3.8) is 0 Å². The Labute approximate surface area is 184 Å². The Bertz CT molecular complexity index is 676. The number of rotatable bonds is 10. The molecule has 0 aliphatic carbocycles. The van der Waals surface area contributed by atoms with Crippen LogP contribution >= 0.6 is 35.3 Å². The number of benzene rings is 1. The lowest BCUT2D eigenvalue weighted by atomic mass is 10.2. The van der Waals surface area contributed by atoms with Gasteiger partial charge in [-0.15, -0.1) is 35.3 Å². The van der Waals surface area contributed by atoms with Gasteiger partial charge >= 0.3 is 0 Å². The molecule has 7 heteroatoms. The van der Waals surface area contributed by atoms with E-state index in [0.717, 1.165) is 49.2 Å². The van der Waals surface area contributed by atoms with Gasteiger partial charge in [-0.05, 0) is 39.2 Å². The summed E-state index contributed by atoms with van der Waals surface area (Å²) in [5.41, 5.74) is 2.31. The number of aliphatic imine (C=N–C) groups is 1. The zero-order valence-electron chi connectivity index (χ0n) is 16.5. The lowest BCUT2D eigenvalue weighted by Gasteiger charge is -2.11. The summed E-state index contributed by atoms with van der Waals surface area (Å²) in [7, 11) is 0. The van der Waals surface area contributed by atoms with Gasteiger partial charge in [-0.3, -0.25) is 0 Å². The van der Waals surface area contributed by atoms with Gasteiger partial charge in [-0.1, -0.05) is 30.3 Å². The Kier molecular flexibility index (Phi) is 12.3. The number of thiazole rings is 1. The number of aromatic nitrogens is 1. The van der Waals surface area contributed by atoms with E-state index in [-0.39, 0.29) is 24.0 Å². The Morgan fingerprint density at radius 1 is 1.15 bits per heavy atom. The van der Waals surface area contributed by atoms with Crippen LogP contribution in [-0.4, -0.2) is 30.6 Å². The fourth-order valence-corrected chi connectivity index (χ4v) is 3.37. The van der Waals surface area contributed by atoms with Crippen molar-refractivity contribution in [1.82, 2.24) is 15.6 Å². The molecule has 0 amide bonds. The third-order valence-corrected chi connectivity index (χ3v) is 4.90. The summed E-state index contributed by atoms with van der Waals surface area (Å²) in [6, 6.07) is 10.3. The van der Waals surface area contributed by atoms with Crippen molar-refractivity contribution in [3.05, 3.63) is 51.5 Å². The van der Waals surface area contributed by atoms with E-state index in [1.807, 2.05) is 32.0 Å². The molecule has 27 heavy (non-hydrogen) atoms. The average Bonchev–Trinajstić information content (AvgIpc) is 2.97. The standard InChI is InChI=1S/C20H30N4OS.HI/c1-4-21-20(23-14-19-16(2)24-17(3)26-19)22-12-8-9-13-25-15-18-10-6-5-7-11-18;/h5-7,10-11H,4,8-9,12-15H2,1-3H3,(H2,21,22,23);1H. The van der Waals surface area contributed by atoms with Crippen molar-refractivity contribution < 1.29 is 4.74 Å². The average molecular weight is 502 g/mol. The largest absolute Gasteiger partial charge is 0.377 e. The highest BCUT2D eigenvalue weighted by Gasteiger charge is 2.04. The minimum atomic E-state index is 0. The highest BCUT2D eigenvalue weighted by atomic mass is 127. The van der Waals surface area contributed by atoms with Crippen molar-refractivity contribution in [1.29, 1.82) is 0 Å². The van der Waals surface area contributed by atoms with E-state index >= 15 is 0 Å². The molecule has 0 bridgehead atoms. The number of halogens is 1. The van der Waals surface area contributed by atoms with Gasteiger partial charge in [-0.25, -0.2) is 9.98 Å². The minimum Gasteiger partial charge on any atom is -0.377 e. The van der Waals surface area contributed by atoms with E-state index in [4.69, 9.17) is 4.74 Å². The molecular formula is C20H31IN4OS. The first-order valence-corrected chi connectivity index (χ1v) is 10.1. The van der Waals surface area contributed by atoms with Crippen LogP contribution in [0.15, 0.2) is 35.3 Å². The second-order valence-corrected chi connectivity index (χ2v) is 7.40. The number of hydrogen-bond acceptors (Lipinski definition) is 4. The number of nitrogens with zero attached hydrogens (tertiary/aromatic N) is 2. The molecule has 0 spiro atoms. The smallest absolute Gasteiger partial charge is 0.191 e. The van der Waals surface area contributed by atoms with E-state index in [2.05, 4.69) is 39.7 Å². The van der Waals surface area contributed by atoms with Crippen molar-refractivity contribution >= 4 is 41.3 Å². The number of unbranched alkanes of at least 4 members (excludes halogenated alkanes) is 1. The number of hydrogen-bond donors (Lipinski definition) is 2. The molecule has 1 heterocycles. The third-order valence-electron chi connectivity index (χ3n) is 3.84. The van der Waals surface area contributed by atoms with Crippen LogP contribution in [0.4, 0.5) is 0 Å². The van der Waals surface area contributed by atoms with Crippen molar-refractivity contribution in [2.45, 2.75) is 46.8 Å². The monoisotopic (exact) mass is 502 g/mol. The van der Waals surface area contributed by atoms with Gasteiger partial charge in [-0.2, -0.15) is 0 Å². The Morgan fingerprint density at radius 3 is 2.59 bits per heavy atom. The highest BCUT2D eigenvalue weighted by molar-refractivity contribution is 14.0. The van der Waals surface area contributed by atoms with Crippen LogP contribution < -0.4 is 10.6 Å². The number of guanidine groups is 1. The highest BCUT2D eigenvalue weighted by Crippen LogP contribution is 2.17. The zero-order chi connectivity index (χ0) is 18.6. The van der Waals surface area contributed by atoms with Gasteiger partial charge in [0, 0.05) is 24.6 Å². The van der Waals surface area contributed by atoms with Crippen LogP contribution in [0.5, 0.6) is 0 Å². The molecule has 150 valence electrons. The molecule has 2 rings (SSSR count). The normalized spacial score (nSPS) is 11.1. The van der Waals surface area contributed by atoms with Gasteiger partial charge in [0.15, 0.2) is 5.96 Å². The molecule has 2 aromatic rings. The predicted octanol–water partition coefficient (Wildman–Crippen LogP) is 4.43. The first-order chi connectivity index (χ1) is 12.7. The van der Waals surface area contributed by atoms with Crippen LogP contribution in [0, 0.1) is 13.8 Å². The maximum absolute atomic E-state index is 5.72. The van der Waals surface area contributed by atoms with Crippen LogP contribution in [-0.2, 0) is 17.9 Å². The van der Waals surface area contributed by atoms with Gasteiger partial charge < -0.3 is 15.4 Å². The third kappa shape index (κ3) is 9.53. The first kappa shape index (κ1) is 23.8. The summed E-state index contributed by atoms with van der Waals surface area (Å²) in [4.78, 5) is 10.4. The Hall–Kier alpha value is -1.19. The number of aryl methyl sites for hydroxylation is 2. The molecule has 2 N–H and O–H groups in total. The van der Waals surface area contributed by atoms with Gasteiger partial charge in [0.05, 0.1) is 23.9 Å². The minimum absolute atomic E-state index is 0. The van der Waals surface area contributed by atoms with Crippen LogP contribution in [0.3, 0.4) is 0 Å². The zero-order valence-corrected chi connectivity index (χ0v) is 19.6. The molecule has 0 radical (unpaired) electrons. The fourth-order valence-electron chi connectivity index (χ4n) is 2.51. The lowest BCUT2D eigenvalue weighted by Crippen LogP contribution is -2.37. The van der Waals surface area contributed by atoms with E-state index in [9.17, 15) is 0 Å². The quantitative estimate of drug-likeness (QED) is 0.219. The molecule has 0 aliphatic rings. The maximum Gasteiger partial charge on any atom is 0.191 e. The fraction of sp³-hybridized carbons (Fsp3) is 0.500. The first-order valence-electron chi connectivity index (χ1n) is 9.25. The Balaban J connectivity index is 0.00000364. The number of ether oxygens (including phenoxy) is 1. The lowest BCUT2D eigenvalue weighted by molar-refractivity contribution is 0.117. The summed E-state index contributed by atoms with van der Waals surface area (Å²) in [6.45, 7) is 10.0. The van der Waals surface area contributed by atoms with E-state index in [1.165, 1.54) is 10.4 Å². The van der Waals surface area contributed by atoms with Crippen LogP contribution in [0.2, 0.25) is 0 Å². The van der Waals surface area contributed by atoms with E-state index in [0.29, 0.717) is 13.2 Å². The van der Waals surface area contributed by atoms with Crippen LogP contribution in [0.25, 0.3) is 0 Å². The van der Waals surface area contributed by atoms with Gasteiger partial charge in [0.25, 0.3) is 0 Å². The molecule has 1 aromatic carbocycles. The second-order valence-electron chi connectivity index (χ2n) is 6.11. The Morgan fingerprint density at radius 2 is 1.93 bits per heavy atom. The summed E-state index contributed by atoms with van der Waals surface area (Å²) in [5.74, 6) is 0.864. The summed E-state index contributed by atoms with van der Waals surface area (Å²) in [5, 5.41) is 7.79. The molecule has 1 aromatic heterocycles. The molecule has 0 fully saturated rings. The summed E-state index contributed by atoms with van der Waals surface area (Å²) in [6.07, 6.45) is 2.09. The topological polar surface area (TPSA) is 58.5 Å². The maximum atomic E-state index is 5.72. The van der Waals surface area contributed by atoms with Crippen molar-refractivity contribution in [2.75, 3.05) is 19.7 Å². The molecule has 0 saturated heterocycles. The van der Waals surface area contributed by atoms with Gasteiger partial charge in [0.1, 0.15) is 0 Å². The molecule has 0 aliphatic heterocycles. The van der Waals surface area contributed by atoms with E-state index in [1.54, 1.807) is 11.3 Å². The summed E-state index contributed by atoms with van der Waals surface area (Å²) >= 11 is 1.72. The molecule has 5 nitrogen and oxygen atoms in total. The van der Waals surface area contributed by atoms with Crippen molar-refractivity contribution in [2.24, 2.45) is 4.99 Å². The van der Waals surface area contributed by atoms with Crippen LogP contribution in [0.1, 0.15) is 40.9 Å². The molecule has 0 atom stereocenters. The molecule has 0 unspecified atom stereocenters. The molecule has 0 saturated carbocycles. The summed E-state index contributed by atoms with van der Waals surface area (Å²) < 4.78 is 5.72. The van der Waals surface area contributed by atoms with E-state index < -0.39 is 0 Å². The van der Waals surface area contributed by atoms with Gasteiger partial charge in [0.2, 0.25) is 0 Å².